The third-order valence-corrected chi connectivity index (χ3v) is 9.35. The number of aliphatic hydroxyl groups excluding tert-OH is 2. The van der Waals surface area contributed by atoms with Crippen LogP contribution in [0.15, 0.2) is 30.9 Å². The van der Waals surface area contributed by atoms with Crippen LogP contribution in [-0.4, -0.2) is 81.3 Å². The van der Waals surface area contributed by atoms with Crippen molar-refractivity contribution >= 4 is 28.0 Å². The Morgan fingerprint density at radius 3 is 2.64 bits per heavy atom. The fourth-order valence-corrected chi connectivity index (χ4v) is 6.51. The number of nitrogen functional groups attached to an aromatic ring is 1. The maximum atomic E-state index is 14.3. The minimum Gasteiger partial charge on any atom is -0.632 e. The highest BCUT2D eigenvalue weighted by atomic mass is 16.6. The van der Waals surface area contributed by atoms with Crippen LogP contribution in [0.4, 0.5) is 5.82 Å². The smallest absolute Gasteiger partial charge is 0.167 e. The minimum atomic E-state index is -1.25. The van der Waals surface area contributed by atoms with E-state index in [4.69, 9.17) is 15.5 Å². The number of anilines is 1. The number of nitrogens with two attached hydrogens (primary N) is 1. The van der Waals surface area contributed by atoms with Crippen LogP contribution in [-0.2, 0) is 16.6 Å². The van der Waals surface area contributed by atoms with Crippen molar-refractivity contribution in [3.63, 3.8) is 0 Å². The highest BCUT2D eigenvalue weighted by Crippen LogP contribution is 2.42. The quantitative estimate of drug-likeness (QED) is 0.181. The Kier molecular flexibility index (Phi) is 7.25. The maximum Gasteiger partial charge on any atom is 0.167 e. The Morgan fingerprint density at radius 2 is 1.93 bits per heavy atom. The second kappa shape index (κ2) is 10.5. The summed E-state index contributed by atoms with van der Waals surface area (Å²) in [6, 6.07) is 6.12. The number of ether oxygens (including phenoxy) is 1. The van der Waals surface area contributed by atoms with E-state index < -0.39 is 29.2 Å². The number of hydroxylamine groups is 3. The van der Waals surface area contributed by atoms with Crippen molar-refractivity contribution in [3.8, 4) is 0 Å². The molecule has 1 aromatic carbocycles. The standard InChI is InChI=1S/C30H42N8O4/c1-16(2)38(41,13-22-25(39)26(40)29(42-22)37-15-34-24-27(31)32-14-33-28(24)37)19-10-17(11-19)6-9-23-35-20-8-7-18(30(3,4)5)12-21(20)36-23/h7-8,12,14-17,19,22,25-26,29,39-40H,6,9-11,13H2,1-5H3,(H,35,36)(H2,31,32,33)/t17-,19-,22-,25?,26?,29-,38-/m1/s1. The molecule has 2 fully saturated rings. The molecule has 5 atom stereocenters. The van der Waals surface area contributed by atoms with E-state index in [-0.39, 0.29) is 29.9 Å². The predicted molar refractivity (Wildman–Crippen MR) is 159 cm³/mol. The van der Waals surface area contributed by atoms with Gasteiger partial charge in [0.25, 0.3) is 0 Å². The van der Waals surface area contributed by atoms with E-state index in [0.717, 1.165) is 42.5 Å². The summed E-state index contributed by atoms with van der Waals surface area (Å²) < 4.78 is 7.19. The Morgan fingerprint density at radius 1 is 1.17 bits per heavy atom. The van der Waals surface area contributed by atoms with Gasteiger partial charge in [-0.15, -0.1) is 0 Å². The molecule has 5 N–H and O–H groups in total. The van der Waals surface area contributed by atoms with Crippen LogP contribution < -0.4 is 5.73 Å². The summed E-state index contributed by atoms with van der Waals surface area (Å²) in [5.74, 6) is 1.63. The van der Waals surface area contributed by atoms with Gasteiger partial charge in [0.1, 0.15) is 42.5 Å². The molecule has 42 heavy (non-hydrogen) atoms. The van der Waals surface area contributed by atoms with Crippen LogP contribution in [0.5, 0.6) is 0 Å². The van der Waals surface area contributed by atoms with Gasteiger partial charge in [-0.3, -0.25) is 4.57 Å². The molecule has 4 heterocycles. The van der Waals surface area contributed by atoms with Gasteiger partial charge in [-0.2, -0.15) is 0 Å². The summed E-state index contributed by atoms with van der Waals surface area (Å²) in [5, 5.41) is 36.1. The second-order valence-electron chi connectivity index (χ2n) is 13.5. The van der Waals surface area contributed by atoms with Crippen LogP contribution in [0, 0.1) is 11.1 Å². The number of hydrogen-bond acceptors (Lipinski definition) is 9. The molecule has 1 saturated carbocycles. The van der Waals surface area contributed by atoms with Gasteiger partial charge in [-0.25, -0.2) is 19.9 Å². The lowest BCUT2D eigenvalue weighted by Gasteiger charge is -2.58. The molecule has 6 rings (SSSR count). The number of aromatic amines is 1. The van der Waals surface area contributed by atoms with Crippen molar-refractivity contribution in [3.05, 3.63) is 47.4 Å². The average Bonchev–Trinajstić information content (AvgIpc) is 3.59. The number of aryl methyl sites for hydroxylation is 1. The summed E-state index contributed by atoms with van der Waals surface area (Å²) in [6.45, 7) is 10.5. The van der Waals surface area contributed by atoms with Crippen molar-refractivity contribution in [2.45, 2.75) is 102 Å². The number of nitrogens with one attached hydrogen (secondary N) is 1. The fourth-order valence-electron chi connectivity index (χ4n) is 6.51. The van der Waals surface area contributed by atoms with E-state index in [1.165, 1.54) is 22.8 Å². The Hall–Kier alpha value is -3.16. The molecule has 12 nitrogen and oxygen atoms in total. The zero-order valence-electron chi connectivity index (χ0n) is 24.9. The number of nitrogens with zero attached hydrogens (tertiary/aromatic N) is 6. The Bertz CT molecular complexity index is 1570. The first kappa shape index (κ1) is 28.9. The molecule has 226 valence electrons. The first-order valence-electron chi connectivity index (χ1n) is 14.9. The number of imidazole rings is 2. The van der Waals surface area contributed by atoms with Crippen LogP contribution in [0.2, 0.25) is 0 Å². The van der Waals surface area contributed by atoms with E-state index in [1.54, 1.807) is 0 Å². The van der Waals surface area contributed by atoms with Crippen molar-refractivity contribution in [1.82, 2.24) is 29.5 Å². The predicted octanol–water partition coefficient (Wildman–Crippen LogP) is 3.34. The van der Waals surface area contributed by atoms with Gasteiger partial charge in [-0.05, 0) is 49.3 Å². The highest BCUT2D eigenvalue weighted by Gasteiger charge is 2.50. The van der Waals surface area contributed by atoms with Gasteiger partial charge in [0.05, 0.1) is 29.4 Å². The number of hydrogen-bond donors (Lipinski definition) is 4. The molecule has 1 aliphatic carbocycles. The Balaban J connectivity index is 1.09. The first-order chi connectivity index (χ1) is 19.8. The van der Waals surface area contributed by atoms with Gasteiger partial charge >= 0.3 is 0 Å². The lowest BCUT2D eigenvalue weighted by atomic mass is 9.75. The number of aromatic nitrogens is 6. The van der Waals surface area contributed by atoms with Crippen molar-refractivity contribution in [2.24, 2.45) is 5.92 Å². The summed E-state index contributed by atoms with van der Waals surface area (Å²) in [4.78, 5) is 20.7. The third kappa shape index (κ3) is 5.05. The van der Waals surface area contributed by atoms with Crippen LogP contribution in [0.1, 0.15) is 71.5 Å². The Labute approximate surface area is 245 Å². The molecule has 1 aliphatic heterocycles. The van der Waals surface area contributed by atoms with E-state index in [9.17, 15) is 15.4 Å². The molecule has 4 aromatic rings. The van der Waals surface area contributed by atoms with Crippen molar-refractivity contribution < 1.29 is 19.6 Å². The number of fused-ring (bicyclic) bond motifs is 2. The van der Waals surface area contributed by atoms with Crippen LogP contribution in [0.25, 0.3) is 22.2 Å². The third-order valence-electron chi connectivity index (χ3n) is 9.35. The van der Waals surface area contributed by atoms with Gasteiger partial charge < -0.3 is 35.5 Å². The van der Waals surface area contributed by atoms with E-state index in [2.05, 4.69) is 58.9 Å². The highest BCUT2D eigenvalue weighted by molar-refractivity contribution is 5.81. The SMILES string of the molecule is CC(C)[N@+]([O-])(C[C@H]1O[C@@H](n2cnc3c(N)ncnc32)C(O)C1O)[C@H]1C[C@H](CCc2nc3cc(C(C)(C)C)ccc3[nH]2)C1. The molecule has 0 amide bonds. The minimum absolute atomic E-state index is 0.0488. The molecule has 2 unspecified atom stereocenters. The number of rotatable bonds is 8. The lowest BCUT2D eigenvalue weighted by molar-refractivity contribution is -0.935. The maximum absolute atomic E-state index is 14.3. The number of aliphatic hydroxyl groups is 2. The number of quaternary nitrogens is 1. The fraction of sp³-hybridized carbons (Fsp3) is 0.600. The van der Waals surface area contributed by atoms with E-state index in [1.807, 2.05) is 13.8 Å². The average molecular weight is 579 g/mol. The monoisotopic (exact) mass is 578 g/mol. The zero-order chi connectivity index (χ0) is 30.0. The molecular weight excluding hydrogens is 536 g/mol. The molecule has 3 aromatic heterocycles. The van der Waals surface area contributed by atoms with Crippen molar-refractivity contribution in [1.29, 1.82) is 0 Å². The molecule has 0 radical (unpaired) electrons. The normalized spacial score (nSPS) is 28.0. The largest absolute Gasteiger partial charge is 0.632 e. The molecular formula is C30H42N8O4. The topological polar surface area (TPSA) is 171 Å². The van der Waals surface area contributed by atoms with Gasteiger partial charge in [0, 0.05) is 19.3 Å². The summed E-state index contributed by atoms with van der Waals surface area (Å²) in [7, 11) is 0. The molecule has 0 bridgehead atoms. The summed E-state index contributed by atoms with van der Waals surface area (Å²) >= 11 is 0. The first-order valence-corrected chi connectivity index (χ1v) is 14.9. The molecule has 2 aliphatic rings. The summed E-state index contributed by atoms with van der Waals surface area (Å²) in [5.41, 5.74) is 10.1. The van der Waals surface area contributed by atoms with Gasteiger partial charge in [0.2, 0.25) is 0 Å². The van der Waals surface area contributed by atoms with E-state index >= 15 is 0 Å². The van der Waals surface area contributed by atoms with Crippen LogP contribution >= 0.6 is 0 Å². The number of benzene rings is 1. The lowest BCUT2D eigenvalue weighted by Crippen LogP contribution is -2.63. The molecule has 12 heteroatoms. The van der Waals surface area contributed by atoms with Gasteiger partial charge in [0.15, 0.2) is 17.7 Å². The molecule has 1 saturated heterocycles. The molecule has 0 spiro atoms. The van der Waals surface area contributed by atoms with E-state index in [0.29, 0.717) is 17.1 Å². The number of H-pyrrole nitrogens is 1. The summed E-state index contributed by atoms with van der Waals surface area (Å²) in [6.07, 6.45) is 1.94. The van der Waals surface area contributed by atoms with Gasteiger partial charge in [-0.1, -0.05) is 26.8 Å². The van der Waals surface area contributed by atoms with Crippen LogP contribution in [0.3, 0.4) is 0 Å². The van der Waals surface area contributed by atoms with Crippen molar-refractivity contribution in [2.75, 3.05) is 12.3 Å². The zero-order valence-corrected chi connectivity index (χ0v) is 24.9. The second-order valence-corrected chi connectivity index (χ2v) is 13.5.